The molecule has 0 bridgehead atoms. The minimum absolute atomic E-state index is 0. The van der Waals surface area contributed by atoms with Crippen LogP contribution >= 0.6 is 0 Å². The van der Waals surface area contributed by atoms with Crippen molar-refractivity contribution >= 4 is 0 Å². The quantitative estimate of drug-likeness (QED) is 0.576. The molecule has 0 saturated heterocycles. The monoisotopic (exact) mass is 248 g/mol. The van der Waals surface area contributed by atoms with Crippen LogP contribution in [0, 0.1) is 13.0 Å². The molecular weight excluding hydrogens is 231 g/mol. The molecule has 0 unspecified atom stereocenters. The summed E-state index contributed by atoms with van der Waals surface area (Å²) < 4.78 is 10.5. The summed E-state index contributed by atoms with van der Waals surface area (Å²) in [5.74, 6) is 1.37. The zero-order valence-electron chi connectivity index (χ0n) is 12.0. The van der Waals surface area contributed by atoms with E-state index in [1.807, 2.05) is 12.1 Å². The number of benzene rings is 2. The first kappa shape index (κ1) is 15.7. The van der Waals surface area contributed by atoms with Crippen LogP contribution < -0.4 is 28.3 Å². The van der Waals surface area contributed by atoms with Gasteiger partial charge in [0.15, 0.2) is 0 Å². The molecule has 0 fully saturated rings. The SMILES string of the molecule is COc1[c-]cc(Cc2ccc(C)cc2)cc1OC.[Li+]. The Morgan fingerprint density at radius 1 is 1.00 bits per heavy atom. The molecule has 0 saturated carbocycles. The topological polar surface area (TPSA) is 18.5 Å². The predicted molar refractivity (Wildman–Crippen MR) is 72.4 cm³/mol. The maximum absolute atomic E-state index is 5.28. The first-order valence-corrected chi connectivity index (χ1v) is 5.91. The Morgan fingerprint density at radius 2 is 1.68 bits per heavy atom. The van der Waals surface area contributed by atoms with Gasteiger partial charge in [-0.15, -0.1) is 17.7 Å². The average molecular weight is 248 g/mol. The molecule has 2 aromatic rings. The number of rotatable bonds is 4. The predicted octanol–water partition coefficient (Wildman–Crippen LogP) is 0.407. The third kappa shape index (κ3) is 4.06. The van der Waals surface area contributed by atoms with Crippen LogP contribution in [0.1, 0.15) is 16.7 Å². The van der Waals surface area contributed by atoms with E-state index in [0.717, 1.165) is 17.7 Å². The van der Waals surface area contributed by atoms with Crippen LogP contribution in [0.15, 0.2) is 36.4 Å². The molecule has 19 heavy (non-hydrogen) atoms. The molecule has 0 radical (unpaired) electrons. The van der Waals surface area contributed by atoms with Crippen molar-refractivity contribution in [2.75, 3.05) is 14.2 Å². The molecule has 0 spiro atoms. The molecule has 0 aromatic heterocycles. The molecule has 0 N–H and O–H groups in total. The van der Waals surface area contributed by atoms with E-state index in [4.69, 9.17) is 9.47 Å². The van der Waals surface area contributed by atoms with Gasteiger partial charge in [-0.25, -0.2) is 0 Å². The van der Waals surface area contributed by atoms with E-state index in [2.05, 4.69) is 37.3 Å². The molecule has 3 heteroatoms. The molecule has 2 nitrogen and oxygen atoms in total. The fraction of sp³-hybridized carbons (Fsp3) is 0.250. The average Bonchev–Trinajstić information content (AvgIpc) is 2.41. The molecule has 2 aromatic carbocycles. The summed E-state index contributed by atoms with van der Waals surface area (Å²) in [7, 11) is 3.26. The first-order valence-electron chi connectivity index (χ1n) is 5.91. The normalized spacial score (nSPS) is 9.63. The Hall–Kier alpha value is -1.36. The molecular formula is C16H17LiO2. The van der Waals surface area contributed by atoms with E-state index in [1.165, 1.54) is 11.1 Å². The van der Waals surface area contributed by atoms with Crippen molar-refractivity contribution in [1.82, 2.24) is 0 Å². The van der Waals surface area contributed by atoms with Gasteiger partial charge in [0, 0.05) is 11.5 Å². The number of methoxy groups -OCH3 is 2. The molecule has 0 aliphatic rings. The van der Waals surface area contributed by atoms with E-state index < -0.39 is 0 Å². The van der Waals surface area contributed by atoms with Gasteiger partial charge in [-0.3, -0.25) is 0 Å². The van der Waals surface area contributed by atoms with Crippen LogP contribution in [0.4, 0.5) is 0 Å². The molecule has 0 atom stereocenters. The Bertz CT molecular complexity index is 521. The van der Waals surface area contributed by atoms with Crippen LogP contribution in [0.5, 0.6) is 11.5 Å². The van der Waals surface area contributed by atoms with Gasteiger partial charge in [-0.1, -0.05) is 35.4 Å². The minimum Gasteiger partial charge on any atom is -0.551 e. The Labute approximate surface area is 126 Å². The summed E-state index contributed by atoms with van der Waals surface area (Å²) >= 11 is 0. The Kier molecular flexibility index (Phi) is 6.01. The van der Waals surface area contributed by atoms with Crippen LogP contribution in [0.2, 0.25) is 0 Å². The summed E-state index contributed by atoms with van der Waals surface area (Å²) in [4.78, 5) is 0. The molecule has 94 valence electrons. The summed E-state index contributed by atoms with van der Waals surface area (Å²) in [5.41, 5.74) is 3.72. The fourth-order valence-electron chi connectivity index (χ4n) is 1.86. The second kappa shape index (κ2) is 7.28. The third-order valence-corrected chi connectivity index (χ3v) is 2.88. The van der Waals surface area contributed by atoms with E-state index >= 15 is 0 Å². The van der Waals surface area contributed by atoms with Crippen LogP contribution in [-0.4, -0.2) is 14.2 Å². The van der Waals surface area contributed by atoms with E-state index in [0.29, 0.717) is 5.75 Å². The molecule has 0 heterocycles. The van der Waals surface area contributed by atoms with Crippen LogP contribution in [0.25, 0.3) is 0 Å². The minimum atomic E-state index is 0. The number of ether oxygens (including phenoxy) is 2. The molecule has 0 aliphatic carbocycles. The summed E-state index contributed by atoms with van der Waals surface area (Å²) in [6.07, 6.45) is 0.872. The third-order valence-electron chi connectivity index (χ3n) is 2.88. The zero-order valence-corrected chi connectivity index (χ0v) is 12.0. The van der Waals surface area contributed by atoms with E-state index in [-0.39, 0.29) is 18.9 Å². The largest absolute Gasteiger partial charge is 1.00 e. The van der Waals surface area contributed by atoms with Crippen molar-refractivity contribution in [3.63, 3.8) is 0 Å². The van der Waals surface area contributed by atoms with Gasteiger partial charge in [0.25, 0.3) is 0 Å². The zero-order chi connectivity index (χ0) is 13.0. The second-order valence-electron chi connectivity index (χ2n) is 4.27. The van der Waals surface area contributed by atoms with E-state index in [1.54, 1.807) is 14.2 Å². The van der Waals surface area contributed by atoms with Gasteiger partial charge in [-0.2, -0.15) is 6.07 Å². The smallest absolute Gasteiger partial charge is 0.551 e. The summed E-state index contributed by atoms with van der Waals surface area (Å²) in [5, 5.41) is 0. The maximum Gasteiger partial charge on any atom is 1.00 e. The Morgan fingerprint density at radius 3 is 2.26 bits per heavy atom. The van der Waals surface area contributed by atoms with Gasteiger partial charge in [-0.05, 0) is 13.3 Å². The second-order valence-corrected chi connectivity index (χ2v) is 4.27. The van der Waals surface area contributed by atoms with Crippen LogP contribution in [-0.2, 0) is 6.42 Å². The standard InChI is InChI=1S/C16H17O2.Li/c1-12-4-6-13(7-5-12)10-14-8-9-15(17-2)16(11-14)18-3;/h4-8,11H,10H2,1-3H3;/q-1;+1. The summed E-state index contributed by atoms with van der Waals surface area (Å²) in [6.45, 7) is 2.09. The van der Waals surface area contributed by atoms with Crippen molar-refractivity contribution in [2.24, 2.45) is 0 Å². The van der Waals surface area contributed by atoms with Crippen molar-refractivity contribution in [2.45, 2.75) is 13.3 Å². The van der Waals surface area contributed by atoms with Crippen molar-refractivity contribution in [1.29, 1.82) is 0 Å². The fourth-order valence-corrected chi connectivity index (χ4v) is 1.86. The van der Waals surface area contributed by atoms with Gasteiger partial charge in [0.05, 0.1) is 14.2 Å². The maximum atomic E-state index is 5.28. The Balaban J connectivity index is 0.00000180. The number of hydrogen-bond acceptors (Lipinski definition) is 2. The van der Waals surface area contributed by atoms with Gasteiger partial charge >= 0.3 is 18.9 Å². The van der Waals surface area contributed by atoms with Crippen molar-refractivity contribution in [3.05, 3.63) is 59.2 Å². The molecule has 2 rings (SSSR count). The summed E-state index contributed by atoms with van der Waals surface area (Å²) in [6, 6.07) is 15.6. The van der Waals surface area contributed by atoms with E-state index in [9.17, 15) is 0 Å². The first-order chi connectivity index (χ1) is 8.72. The molecule has 0 aliphatic heterocycles. The van der Waals surface area contributed by atoms with Gasteiger partial charge < -0.3 is 9.47 Å². The number of aryl methyl sites for hydroxylation is 1. The van der Waals surface area contributed by atoms with Crippen molar-refractivity contribution < 1.29 is 28.3 Å². The van der Waals surface area contributed by atoms with Crippen molar-refractivity contribution in [3.8, 4) is 11.5 Å². The van der Waals surface area contributed by atoms with Gasteiger partial charge in [0.1, 0.15) is 0 Å². The van der Waals surface area contributed by atoms with Crippen LogP contribution in [0.3, 0.4) is 0 Å². The van der Waals surface area contributed by atoms with Gasteiger partial charge in [0.2, 0.25) is 0 Å². The molecule has 0 amide bonds. The number of hydrogen-bond donors (Lipinski definition) is 0.